The number of ether oxygens (including phenoxy) is 1. The van der Waals surface area contributed by atoms with E-state index >= 15 is 0 Å². The molecule has 17 heavy (non-hydrogen) atoms. The third-order valence-corrected chi connectivity index (χ3v) is 2.95. The average molecular weight is 258 g/mol. The minimum atomic E-state index is -0.632. The Hall–Kier alpha value is -0.770. The van der Waals surface area contributed by atoms with Crippen molar-refractivity contribution in [3.05, 3.63) is 28.3 Å². The second-order valence-electron chi connectivity index (χ2n) is 4.49. The normalized spacial score (nSPS) is 12.9. The lowest BCUT2D eigenvalue weighted by Gasteiger charge is -2.16. The molecule has 0 amide bonds. The summed E-state index contributed by atoms with van der Waals surface area (Å²) >= 11 is 6.16. The number of aliphatic hydroxyl groups excluding tert-OH is 1. The van der Waals surface area contributed by atoms with Gasteiger partial charge in [0.25, 0.3) is 0 Å². The van der Waals surface area contributed by atoms with Crippen molar-refractivity contribution in [1.29, 1.82) is 0 Å². The summed E-state index contributed by atoms with van der Waals surface area (Å²) in [6.45, 7) is 6.49. The summed E-state index contributed by atoms with van der Waals surface area (Å²) in [5.74, 6) is 1.09. The Morgan fingerprint density at radius 1 is 1.41 bits per heavy atom. The van der Waals surface area contributed by atoms with Crippen molar-refractivity contribution in [3.63, 3.8) is 0 Å². The second-order valence-corrected chi connectivity index (χ2v) is 4.90. The smallest absolute Gasteiger partial charge is 0.122 e. The Bertz CT molecular complexity index is 380. The molecule has 0 bridgehead atoms. The molecule has 0 aliphatic rings. The van der Waals surface area contributed by atoms with Crippen LogP contribution in [-0.2, 0) is 0 Å². The Morgan fingerprint density at radius 2 is 2.06 bits per heavy atom. The first-order valence-electron chi connectivity index (χ1n) is 5.76. The number of halogens is 1. The van der Waals surface area contributed by atoms with Crippen molar-refractivity contribution < 1.29 is 9.84 Å². The van der Waals surface area contributed by atoms with Gasteiger partial charge in [-0.2, -0.15) is 0 Å². The molecule has 0 aliphatic heterocycles. The van der Waals surface area contributed by atoms with E-state index in [2.05, 4.69) is 13.8 Å². The predicted molar refractivity (Wildman–Crippen MR) is 70.8 cm³/mol. The van der Waals surface area contributed by atoms with Crippen LogP contribution >= 0.6 is 11.6 Å². The standard InChI is InChI=1S/C13H20ClNO2/c1-8(2)11-5-13(9(3)4-12(11)14)17-7-10(16)6-15/h4-5,8,10,16H,6-7,15H2,1-3H3/t10-/m1/s1. The van der Waals surface area contributed by atoms with E-state index in [9.17, 15) is 5.11 Å². The van der Waals surface area contributed by atoms with Gasteiger partial charge in [0.2, 0.25) is 0 Å². The lowest BCUT2D eigenvalue weighted by atomic mass is 10.0. The van der Waals surface area contributed by atoms with Crippen LogP contribution in [0.15, 0.2) is 12.1 Å². The molecule has 0 saturated carbocycles. The second kappa shape index (κ2) is 6.24. The fraction of sp³-hybridized carbons (Fsp3) is 0.538. The first-order valence-corrected chi connectivity index (χ1v) is 6.14. The van der Waals surface area contributed by atoms with Crippen molar-refractivity contribution in [1.82, 2.24) is 0 Å². The summed E-state index contributed by atoms with van der Waals surface area (Å²) in [7, 11) is 0. The van der Waals surface area contributed by atoms with E-state index in [0.717, 1.165) is 21.9 Å². The summed E-state index contributed by atoms with van der Waals surface area (Å²) in [6.07, 6.45) is -0.632. The SMILES string of the molecule is Cc1cc(Cl)c(C(C)C)cc1OC[C@H](O)CN. The maximum Gasteiger partial charge on any atom is 0.122 e. The molecule has 0 saturated heterocycles. The monoisotopic (exact) mass is 257 g/mol. The average Bonchev–Trinajstić information content (AvgIpc) is 2.26. The molecular formula is C13H20ClNO2. The minimum absolute atomic E-state index is 0.198. The first-order chi connectivity index (χ1) is 7.95. The Labute approximate surface area is 108 Å². The van der Waals surface area contributed by atoms with Crippen LogP contribution < -0.4 is 10.5 Å². The van der Waals surface area contributed by atoms with Crippen molar-refractivity contribution in [3.8, 4) is 5.75 Å². The summed E-state index contributed by atoms with van der Waals surface area (Å²) < 4.78 is 5.55. The van der Waals surface area contributed by atoms with E-state index in [1.165, 1.54) is 0 Å². The molecule has 4 heteroatoms. The molecule has 0 heterocycles. The van der Waals surface area contributed by atoms with E-state index in [0.29, 0.717) is 5.92 Å². The molecule has 0 unspecified atom stereocenters. The summed E-state index contributed by atoms with van der Waals surface area (Å²) in [5, 5.41) is 10.1. The van der Waals surface area contributed by atoms with Gasteiger partial charge in [-0.15, -0.1) is 0 Å². The van der Waals surface area contributed by atoms with Crippen LogP contribution in [0.25, 0.3) is 0 Å². The zero-order chi connectivity index (χ0) is 13.0. The molecule has 0 aliphatic carbocycles. The number of benzene rings is 1. The van der Waals surface area contributed by atoms with E-state index in [1.54, 1.807) is 0 Å². The Morgan fingerprint density at radius 3 is 2.59 bits per heavy atom. The van der Waals surface area contributed by atoms with E-state index in [1.807, 2.05) is 19.1 Å². The van der Waals surface area contributed by atoms with Gasteiger partial charge in [-0.3, -0.25) is 0 Å². The van der Waals surface area contributed by atoms with Crippen LogP contribution in [0.5, 0.6) is 5.75 Å². The number of hydrogen-bond acceptors (Lipinski definition) is 3. The van der Waals surface area contributed by atoms with Crippen molar-refractivity contribution in [2.45, 2.75) is 32.8 Å². The van der Waals surface area contributed by atoms with E-state index in [4.69, 9.17) is 22.1 Å². The third kappa shape index (κ3) is 3.87. The fourth-order valence-corrected chi connectivity index (χ4v) is 1.96. The Balaban J connectivity index is 2.88. The highest BCUT2D eigenvalue weighted by molar-refractivity contribution is 6.31. The van der Waals surface area contributed by atoms with Gasteiger partial charge in [0, 0.05) is 11.6 Å². The van der Waals surface area contributed by atoms with Gasteiger partial charge in [0.05, 0.1) is 0 Å². The van der Waals surface area contributed by atoms with Crippen molar-refractivity contribution >= 4 is 11.6 Å². The molecule has 1 aromatic rings. The molecule has 1 atom stereocenters. The lowest BCUT2D eigenvalue weighted by Crippen LogP contribution is -2.26. The number of aliphatic hydroxyl groups is 1. The molecular weight excluding hydrogens is 238 g/mol. The van der Waals surface area contributed by atoms with Gasteiger partial charge in [-0.25, -0.2) is 0 Å². The van der Waals surface area contributed by atoms with Crippen LogP contribution in [0.3, 0.4) is 0 Å². The number of nitrogens with two attached hydrogens (primary N) is 1. The van der Waals surface area contributed by atoms with Crippen LogP contribution in [0, 0.1) is 6.92 Å². The predicted octanol–water partition coefficient (Wildman–Crippen LogP) is 2.47. The van der Waals surface area contributed by atoms with Crippen LogP contribution in [0.4, 0.5) is 0 Å². The highest BCUT2D eigenvalue weighted by Crippen LogP contribution is 2.31. The highest BCUT2D eigenvalue weighted by atomic mass is 35.5. The molecule has 1 rings (SSSR count). The maximum atomic E-state index is 9.37. The van der Waals surface area contributed by atoms with Gasteiger partial charge < -0.3 is 15.6 Å². The maximum absolute atomic E-state index is 9.37. The molecule has 1 aromatic carbocycles. The molecule has 0 aromatic heterocycles. The van der Waals surface area contributed by atoms with Gasteiger partial charge >= 0.3 is 0 Å². The van der Waals surface area contributed by atoms with Gasteiger partial charge in [0.15, 0.2) is 0 Å². The summed E-state index contributed by atoms with van der Waals surface area (Å²) in [4.78, 5) is 0. The third-order valence-electron chi connectivity index (χ3n) is 2.62. The van der Waals surface area contributed by atoms with E-state index < -0.39 is 6.10 Å². The fourth-order valence-electron chi connectivity index (χ4n) is 1.52. The Kier molecular flexibility index (Phi) is 5.25. The number of aryl methyl sites for hydroxylation is 1. The van der Waals surface area contributed by atoms with Gasteiger partial charge in [0.1, 0.15) is 18.5 Å². The molecule has 3 N–H and O–H groups in total. The van der Waals surface area contributed by atoms with Gasteiger partial charge in [-0.05, 0) is 36.1 Å². The molecule has 96 valence electrons. The van der Waals surface area contributed by atoms with Crippen LogP contribution in [0.2, 0.25) is 5.02 Å². The highest BCUT2D eigenvalue weighted by Gasteiger charge is 2.11. The lowest BCUT2D eigenvalue weighted by molar-refractivity contribution is 0.114. The van der Waals surface area contributed by atoms with Crippen molar-refractivity contribution in [2.24, 2.45) is 5.73 Å². The molecule has 3 nitrogen and oxygen atoms in total. The van der Waals surface area contributed by atoms with E-state index in [-0.39, 0.29) is 13.2 Å². The quantitative estimate of drug-likeness (QED) is 0.852. The zero-order valence-corrected chi connectivity index (χ0v) is 11.3. The van der Waals surface area contributed by atoms with Crippen LogP contribution in [0.1, 0.15) is 30.9 Å². The molecule has 0 spiro atoms. The van der Waals surface area contributed by atoms with Gasteiger partial charge in [-0.1, -0.05) is 25.4 Å². The number of rotatable bonds is 5. The molecule has 0 radical (unpaired) electrons. The number of hydrogen-bond donors (Lipinski definition) is 2. The summed E-state index contributed by atoms with van der Waals surface area (Å²) in [6, 6.07) is 3.83. The minimum Gasteiger partial charge on any atom is -0.491 e. The first kappa shape index (κ1) is 14.3. The van der Waals surface area contributed by atoms with Crippen LogP contribution in [-0.4, -0.2) is 24.4 Å². The molecule has 0 fully saturated rings. The largest absolute Gasteiger partial charge is 0.491 e. The summed E-state index contributed by atoms with van der Waals surface area (Å²) in [5.41, 5.74) is 7.34. The van der Waals surface area contributed by atoms with Crippen molar-refractivity contribution in [2.75, 3.05) is 13.2 Å². The topological polar surface area (TPSA) is 55.5 Å². The zero-order valence-electron chi connectivity index (χ0n) is 10.5.